The van der Waals surface area contributed by atoms with Crippen LogP contribution in [-0.2, 0) is 4.79 Å². The molecule has 1 amide bonds. The smallest absolute Gasteiger partial charge is 0.225 e. The average Bonchev–Trinajstić information content (AvgIpc) is 2.47. The Morgan fingerprint density at radius 2 is 2.05 bits per heavy atom. The summed E-state index contributed by atoms with van der Waals surface area (Å²) in [5.41, 5.74) is 1.29. The van der Waals surface area contributed by atoms with Crippen molar-refractivity contribution in [1.29, 1.82) is 0 Å². The van der Waals surface area contributed by atoms with Crippen LogP contribution in [-0.4, -0.2) is 49.4 Å². The van der Waals surface area contributed by atoms with Gasteiger partial charge in [-0.05, 0) is 49.5 Å². The van der Waals surface area contributed by atoms with Gasteiger partial charge in [0.05, 0.1) is 0 Å². The summed E-state index contributed by atoms with van der Waals surface area (Å²) in [6.07, 6.45) is 1.94. The number of nitrogens with zero attached hydrogens (tertiary/aromatic N) is 2. The molecule has 1 atom stereocenters. The molecule has 0 radical (unpaired) electrons. The molecule has 1 aromatic rings. The van der Waals surface area contributed by atoms with Gasteiger partial charge < -0.3 is 9.80 Å². The van der Waals surface area contributed by atoms with Gasteiger partial charge in [0.15, 0.2) is 0 Å². The Hall–Kier alpha value is -1.06. The van der Waals surface area contributed by atoms with E-state index in [0.717, 1.165) is 37.5 Å². The van der Waals surface area contributed by atoms with E-state index in [-0.39, 0.29) is 11.8 Å². The molecular weight excluding hydrogens is 284 g/mol. The van der Waals surface area contributed by atoms with E-state index in [4.69, 9.17) is 11.6 Å². The third-order valence-corrected chi connectivity index (χ3v) is 4.56. The van der Waals surface area contributed by atoms with Crippen LogP contribution < -0.4 is 0 Å². The maximum Gasteiger partial charge on any atom is 0.225 e. The van der Waals surface area contributed by atoms with Gasteiger partial charge in [-0.1, -0.05) is 30.7 Å². The molecule has 1 fully saturated rings. The van der Waals surface area contributed by atoms with Crippen LogP contribution in [0, 0.1) is 5.92 Å². The van der Waals surface area contributed by atoms with E-state index in [0.29, 0.717) is 5.92 Å². The Bertz CT molecular complexity index is 481. The van der Waals surface area contributed by atoms with Crippen molar-refractivity contribution in [2.75, 3.05) is 33.7 Å². The van der Waals surface area contributed by atoms with Crippen LogP contribution in [0.3, 0.4) is 0 Å². The molecular formula is C17H25ClN2O. The first-order chi connectivity index (χ1) is 9.97. The van der Waals surface area contributed by atoms with Gasteiger partial charge in [0.2, 0.25) is 5.91 Å². The molecule has 1 heterocycles. The third-order valence-electron chi connectivity index (χ3n) is 4.33. The zero-order chi connectivity index (χ0) is 15.4. The molecule has 1 aliphatic rings. The Morgan fingerprint density at radius 1 is 1.38 bits per heavy atom. The van der Waals surface area contributed by atoms with E-state index in [2.05, 4.69) is 24.0 Å². The molecule has 21 heavy (non-hydrogen) atoms. The number of piperidine rings is 1. The van der Waals surface area contributed by atoms with Crippen molar-refractivity contribution in [2.24, 2.45) is 5.92 Å². The molecule has 0 unspecified atom stereocenters. The minimum absolute atomic E-state index is 0.206. The maximum absolute atomic E-state index is 12.0. The molecule has 3 nitrogen and oxygen atoms in total. The van der Waals surface area contributed by atoms with Crippen LogP contribution >= 0.6 is 11.6 Å². The van der Waals surface area contributed by atoms with Gasteiger partial charge in [0.1, 0.15) is 0 Å². The number of benzene rings is 1. The Morgan fingerprint density at radius 3 is 2.62 bits per heavy atom. The van der Waals surface area contributed by atoms with Crippen molar-refractivity contribution in [2.45, 2.75) is 25.7 Å². The topological polar surface area (TPSA) is 23.6 Å². The molecule has 1 saturated heterocycles. The summed E-state index contributed by atoms with van der Waals surface area (Å²) >= 11 is 6.06. The highest BCUT2D eigenvalue weighted by atomic mass is 35.5. The standard InChI is InChI=1S/C17H25ClN2O/c1-13(15-5-4-6-16(18)11-15)12-20-9-7-14(8-10-20)17(21)19(2)3/h4-6,11,13-14H,7-10,12H2,1-3H3/t13-/m1/s1. The highest BCUT2D eigenvalue weighted by Crippen LogP contribution is 2.24. The largest absolute Gasteiger partial charge is 0.349 e. The molecule has 1 aromatic carbocycles. The van der Waals surface area contributed by atoms with E-state index >= 15 is 0 Å². The number of likely N-dealkylation sites (tertiary alicyclic amines) is 1. The Kier molecular flexibility index (Phi) is 5.65. The lowest BCUT2D eigenvalue weighted by Crippen LogP contribution is -2.41. The lowest BCUT2D eigenvalue weighted by atomic mass is 9.93. The summed E-state index contributed by atoms with van der Waals surface area (Å²) in [6, 6.07) is 8.11. The first kappa shape index (κ1) is 16.3. The van der Waals surface area contributed by atoms with Crippen LogP contribution in [0.4, 0.5) is 0 Å². The van der Waals surface area contributed by atoms with E-state index < -0.39 is 0 Å². The number of carbonyl (C=O) groups excluding carboxylic acids is 1. The second kappa shape index (κ2) is 7.28. The molecule has 0 spiro atoms. The Labute approximate surface area is 132 Å². The van der Waals surface area contributed by atoms with E-state index in [1.54, 1.807) is 4.90 Å². The quantitative estimate of drug-likeness (QED) is 0.852. The number of carbonyl (C=O) groups is 1. The lowest BCUT2D eigenvalue weighted by molar-refractivity contribution is -0.134. The monoisotopic (exact) mass is 308 g/mol. The van der Waals surface area contributed by atoms with Crippen molar-refractivity contribution in [1.82, 2.24) is 9.80 Å². The van der Waals surface area contributed by atoms with Gasteiger partial charge in [0, 0.05) is 31.6 Å². The van der Waals surface area contributed by atoms with Crippen molar-refractivity contribution in [3.05, 3.63) is 34.9 Å². The summed E-state index contributed by atoms with van der Waals surface area (Å²) in [7, 11) is 3.69. The van der Waals surface area contributed by atoms with Crippen LogP contribution in [0.2, 0.25) is 5.02 Å². The summed E-state index contributed by atoms with van der Waals surface area (Å²) in [5.74, 6) is 0.945. The number of hydrogen-bond donors (Lipinski definition) is 0. The summed E-state index contributed by atoms with van der Waals surface area (Å²) in [4.78, 5) is 16.2. The normalized spacial score (nSPS) is 18.5. The van der Waals surface area contributed by atoms with Crippen LogP contribution in [0.15, 0.2) is 24.3 Å². The SMILES string of the molecule is C[C@H](CN1CCC(C(=O)N(C)C)CC1)c1cccc(Cl)c1. The lowest BCUT2D eigenvalue weighted by Gasteiger charge is -2.34. The highest BCUT2D eigenvalue weighted by molar-refractivity contribution is 6.30. The number of halogens is 1. The predicted molar refractivity (Wildman–Crippen MR) is 87.7 cm³/mol. The fourth-order valence-corrected chi connectivity index (χ4v) is 3.23. The minimum Gasteiger partial charge on any atom is -0.349 e. The highest BCUT2D eigenvalue weighted by Gasteiger charge is 2.26. The van der Waals surface area contributed by atoms with Gasteiger partial charge >= 0.3 is 0 Å². The average molecular weight is 309 g/mol. The first-order valence-corrected chi connectivity index (χ1v) is 8.04. The summed E-state index contributed by atoms with van der Waals surface area (Å²) in [5, 5.41) is 0.801. The molecule has 0 bridgehead atoms. The number of rotatable bonds is 4. The zero-order valence-electron chi connectivity index (χ0n) is 13.2. The van der Waals surface area contributed by atoms with Gasteiger partial charge in [-0.2, -0.15) is 0 Å². The molecule has 1 aliphatic heterocycles. The van der Waals surface area contributed by atoms with Gasteiger partial charge in [-0.25, -0.2) is 0 Å². The van der Waals surface area contributed by atoms with Crippen LogP contribution in [0.5, 0.6) is 0 Å². The first-order valence-electron chi connectivity index (χ1n) is 7.66. The van der Waals surface area contributed by atoms with Crippen molar-refractivity contribution in [3.63, 3.8) is 0 Å². The van der Waals surface area contributed by atoms with Gasteiger partial charge in [0.25, 0.3) is 0 Å². The molecule has 0 aromatic heterocycles. The van der Waals surface area contributed by atoms with Crippen molar-refractivity contribution >= 4 is 17.5 Å². The third kappa shape index (κ3) is 4.45. The van der Waals surface area contributed by atoms with E-state index in [1.807, 2.05) is 26.2 Å². The molecule has 2 rings (SSSR count). The van der Waals surface area contributed by atoms with E-state index in [9.17, 15) is 4.79 Å². The molecule has 0 N–H and O–H groups in total. The second-order valence-electron chi connectivity index (χ2n) is 6.26. The summed E-state index contributed by atoms with van der Waals surface area (Å²) < 4.78 is 0. The molecule has 116 valence electrons. The minimum atomic E-state index is 0.206. The van der Waals surface area contributed by atoms with E-state index in [1.165, 1.54) is 5.56 Å². The van der Waals surface area contributed by atoms with Gasteiger partial charge in [-0.15, -0.1) is 0 Å². The van der Waals surface area contributed by atoms with Crippen molar-refractivity contribution < 1.29 is 4.79 Å². The number of amides is 1. The zero-order valence-corrected chi connectivity index (χ0v) is 13.9. The molecule has 4 heteroatoms. The summed E-state index contributed by atoms with van der Waals surface area (Å²) in [6.45, 7) is 5.29. The second-order valence-corrected chi connectivity index (χ2v) is 6.70. The maximum atomic E-state index is 12.0. The molecule has 0 aliphatic carbocycles. The molecule has 0 saturated carbocycles. The predicted octanol–water partition coefficient (Wildman–Crippen LogP) is 3.24. The number of hydrogen-bond acceptors (Lipinski definition) is 2. The van der Waals surface area contributed by atoms with Crippen molar-refractivity contribution in [3.8, 4) is 0 Å². The Balaban J connectivity index is 1.85. The fourth-order valence-electron chi connectivity index (χ4n) is 3.03. The van der Waals surface area contributed by atoms with Crippen LogP contribution in [0.25, 0.3) is 0 Å². The van der Waals surface area contributed by atoms with Crippen LogP contribution in [0.1, 0.15) is 31.2 Å². The van der Waals surface area contributed by atoms with Gasteiger partial charge in [-0.3, -0.25) is 4.79 Å². The fraction of sp³-hybridized carbons (Fsp3) is 0.588.